The van der Waals surface area contributed by atoms with Crippen molar-refractivity contribution in [2.24, 2.45) is 5.92 Å². The van der Waals surface area contributed by atoms with Gasteiger partial charge in [0.15, 0.2) is 0 Å². The fourth-order valence-corrected chi connectivity index (χ4v) is 8.15. The molecule has 1 aliphatic heterocycles. The summed E-state index contributed by atoms with van der Waals surface area (Å²) >= 11 is 1.74. The van der Waals surface area contributed by atoms with Crippen LogP contribution >= 0.6 is 32.9 Å². The molecule has 0 N–H and O–H groups in total. The summed E-state index contributed by atoms with van der Waals surface area (Å²) in [6.45, 7) is 0.818. The lowest BCUT2D eigenvalue weighted by Crippen LogP contribution is -2.00. The van der Waals surface area contributed by atoms with Gasteiger partial charge in [-0.15, -0.1) is 11.3 Å². The maximum Gasteiger partial charge on any atom is 0.124 e. The Morgan fingerprint density at radius 3 is 2.12 bits per heavy atom. The molecule has 32 heavy (non-hydrogen) atoms. The number of aromatic nitrogens is 1. The van der Waals surface area contributed by atoms with E-state index in [0.29, 0.717) is 0 Å². The fourth-order valence-electron chi connectivity index (χ4n) is 4.16. The van der Waals surface area contributed by atoms with Crippen molar-refractivity contribution < 1.29 is 4.74 Å². The van der Waals surface area contributed by atoms with Crippen molar-refractivity contribution in [3.63, 3.8) is 0 Å². The lowest BCUT2D eigenvalue weighted by atomic mass is 10.0. The molecule has 5 heteroatoms. The maximum atomic E-state index is 5.95. The number of hydrogen-bond donors (Lipinski definition) is 0. The van der Waals surface area contributed by atoms with Crippen LogP contribution < -0.4 is 4.74 Å². The zero-order valence-corrected chi connectivity index (χ0v) is 21.4. The van der Waals surface area contributed by atoms with Crippen LogP contribution in [0.15, 0.2) is 48.5 Å². The quantitative estimate of drug-likeness (QED) is 0.167. The Labute approximate surface area is 205 Å². The maximum absolute atomic E-state index is 5.95. The van der Waals surface area contributed by atoms with Gasteiger partial charge in [-0.3, -0.25) is 0 Å². The molecule has 0 amide bonds. The standard InChI is InChI=1S/C27H35NOS3/c1(2-4-6-8-12-22-20-30-31-21-22)3-5-7-11-19-29-24-17-15-23(16-18-24)27-28-25-13-9-10-14-26(25)32-27/h9-10,13-18,22H,1-8,11-12,19-21H2. The molecule has 0 saturated carbocycles. The third kappa shape index (κ3) is 7.71. The second-order valence-corrected chi connectivity index (χ2v) is 12.3. The molecule has 0 bridgehead atoms. The number of nitrogens with zero attached hydrogens (tertiary/aromatic N) is 1. The minimum Gasteiger partial charge on any atom is -0.494 e. The van der Waals surface area contributed by atoms with Crippen LogP contribution in [0.2, 0.25) is 0 Å². The highest BCUT2D eigenvalue weighted by molar-refractivity contribution is 8.77. The molecule has 0 atom stereocenters. The highest BCUT2D eigenvalue weighted by Crippen LogP contribution is 2.37. The van der Waals surface area contributed by atoms with E-state index in [9.17, 15) is 0 Å². The second kappa shape index (κ2) is 13.5. The zero-order chi connectivity index (χ0) is 21.8. The average Bonchev–Trinajstić information content (AvgIpc) is 3.50. The van der Waals surface area contributed by atoms with Crippen LogP contribution in [-0.2, 0) is 0 Å². The Kier molecular flexibility index (Phi) is 10.1. The van der Waals surface area contributed by atoms with Crippen molar-refractivity contribution in [3.8, 4) is 16.3 Å². The van der Waals surface area contributed by atoms with E-state index >= 15 is 0 Å². The van der Waals surface area contributed by atoms with Crippen LogP contribution in [0.4, 0.5) is 0 Å². The first-order chi connectivity index (χ1) is 15.9. The lowest BCUT2D eigenvalue weighted by molar-refractivity contribution is 0.304. The predicted molar refractivity (Wildman–Crippen MR) is 145 cm³/mol. The molecule has 1 fully saturated rings. The summed E-state index contributed by atoms with van der Waals surface area (Å²) < 4.78 is 7.19. The number of benzene rings is 2. The fraction of sp³-hybridized carbons (Fsp3) is 0.519. The molecule has 3 aromatic rings. The Bertz CT molecular complexity index is 885. The van der Waals surface area contributed by atoms with Crippen molar-refractivity contribution in [2.75, 3.05) is 18.1 Å². The van der Waals surface area contributed by atoms with Crippen LogP contribution in [0.3, 0.4) is 0 Å². The minimum atomic E-state index is 0.818. The number of fused-ring (bicyclic) bond motifs is 1. The van der Waals surface area contributed by atoms with Gasteiger partial charge in [-0.05, 0) is 55.2 Å². The van der Waals surface area contributed by atoms with Gasteiger partial charge in [0, 0.05) is 17.1 Å². The van der Waals surface area contributed by atoms with E-state index in [4.69, 9.17) is 9.72 Å². The molecule has 0 unspecified atom stereocenters. The first-order valence-electron chi connectivity index (χ1n) is 12.2. The van der Waals surface area contributed by atoms with Crippen molar-refractivity contribution in [1.82, 2.24) is 4.98 Å². The average molecular weight is 486 g/mol. The first-order valence-corrected chi connectivity index (χ1v) is 15.5. The largest absolute Gasteiger partial charge is 0.494 e. The number of ether oxygens (including phenoxy) is 1. The molecule has 2 aromatic carbocycles. The molecule has 4 rings (SSSR count). The molecule has 0 aliphatic carbocycles. The lowest BCUT2D eigenvalue weighted by Gasteiger charge is -2.07. The van der Waals surface area contributed by atoms with Crippen molar-refractivity contribution >= 4 is 43.1 Å². The van der Waals surface area contributed by atoms with E-state index in [1.54, 1.807) is 11.3 Å². The molecular weight excluding hydrogens is 451 g/mol. The molecule has 172 valence electrons. The second-order valence-electron chi connectivity index (χ2n) is 8.77. The summed E-state index contributed by atoms with van der Waals surface area (Å²) in [5, 5.41) is 1.07. The Morgan fingerprint density at radius 2 is 1.41 bits per heavy atom. The monoisotopic (exact) mass is 485 g/mol. The number of thiazole rings is 1. The molecule has 2 nitrogen and oxygen atoms in total. The third-order valence-electron chi connectivity index (χ3n) is 6.11. The summed E-state index contributed by atoms with van der Waals surface area (Å²) in [5.41, 5.74) is 2.24. The van der Waals surface area contributed by atoms with Crippen LogP contribution in [0.25, 0.3) is 20.8 Å². The minimum absolute atomic E-state index is 0.818. The van der Waals surface area contributed by atoms with Gasteiger partial charge in [-0.25, -0.2) is 4.98 Å². The first kappa shape index (κ1) is 24.0. The summed E-state index contributed by atoms with van der Waals surface area (Å²) in [6, 6.07) is 16.7. The molecular formula is C27H35NOS3. The smallest absolute Gasteiger partial charge is 0.124 e. The molecule has 1 aliphatic rings. The number of rotatable bonds is 14. The van der Waals surface area contributed by atoms with E-state index < -0.39 is 0 Å². The molecule has 0 spiro atoms. The van der Waals surface area contributed by atoms with Crippen LogP contribution in [-0.4, -0.2) is 23.1 Å². The number of hydrogen-bond acceptors (Lipinski definition) is 5. The molecule has 0 radical (unpaired) electrons. The third-order valence-corrected chi connectivity index (χ3v) is 9.90. The van der Waals surface area contributed by atoms with Gasteiger partial charge in [0.2, 0.25) is 0 Å². The summed E-state index contributed by atoms with van der Waals surface area (Å²) in [6.07, 6.45) is 13.8. The van der Waals surface area contributed by atoms with Crippen molar-refractivity contribution in [1.29, 1.82) is 0 Å². The SMILES string of the molecule is c1ccc2sc(-c3ccc(OCCCCCCCCCCCC4CSSC4)cc3)nc2c1. The van der Waals surface area contributed by atoms with E-state index in [0.717, 1.165) is 40.8 Å². The number of para-hydroxylation sites is 1. The number of unbranched alkanes of at least 4 members (excludes halogenated alkanes) is 8. The summed E-state index contributed by atoms with van der Waals surface area (Å²) in [5.74, 6) is 4.75. The van der Waals surface area contributed by atoms with Gasteiger partial charge in [-0.2, -0.15) is 0 Å². The molecule has 2 heterocycles. The Balaban J connectivity index is 1.01. The normalized spacial score (nSPS) is 14.4. The van der Waals surface area contributed by atoms with E-state index in [1.807, 2.05) is 6.07 Å². The summed E-state index contributed by atoms with van der Waals surface area (Å²) in [4.78, 5) is 4.74. The Morgan fingerprint density at radius 1 is 0.750 bits per heavy atom. The van der Waals surface area contributed by atoms with Crippen LogP contribution in [0.1, 0.15) is 64.2 Å². The molecule has 1 saturated heterocycles. The highest BCUT2D eigenvalue weighted by atomic mass is 33.1. The van der Waals surface area contributed by atoms with Crippen LogP contribution in [0.5, 0.6) is 5.75 Å². The van der Waals surface area contributed by atoms with Gasteiger partial charge in [0.25, 0.3) is 0 Å². The van der Waals surface area contributed by atoms with Gasteiger partial charge < -0.3 is 4.74 Å². The predicted octanol–water partition coefficient (Wildman–Crippen LogP) is 9.25. The molecule has 1 aromatic heterocycles. The van der Waals surface area contributed by atoms with Crippen molar-refractivity contribution in [2.45, 2.75) is 64.2 Å². The highest BCUT2D eigenvalue weighted by Gasteiger charge is 2.15. The van der Waals surface area contributed by atoms with Crippen LogP contribution in [0, 0.1) is 5.92 Å². The summed E-state index contributed by atoms with van der Waals surface area (Å²) in [7, 11) is 4.14. The zero-order valence-electron chi connectivity index (χ0n) is 19.0. The van der Waals surface area contributed by atoms with Gasteiger partial charge in [0.05, 0.1) is 16.8 Å². The van der Waals surface area contributed by atoms with Gasteiger partial charge >= 0.3 is 0 Å². The van der Waals surface area contributed by atoms with Gasteiger partial charge in [-0.1, -0.05) is 85.1 Å². The Hall–Kier alpha value is -1.17. The van der Waals surface area contributed by atoms with E-state index in [2.05, 4.69) is 64.1 Å². The van der Waals surface area contributed by atoms with Gasteiger partial charge in [0.1, 0.15) is 10.8 Å². The van der Waals surface area contributed by atoms with E-state index in [1.165, 1.54) is 74.0 Å². The topological polar surface area (TPSA) is 22.1 Å². The van der Waals surface area contributed by atoms with E-state index in [-0.39, 0.29) is 0 Å². The van der Waals surface area contributed by atoms with Crippen molar-refractivity contribution in [3.05, 3.63) is 48.5 Å².